The van der Waals surface area contributed by atoms with Crippen LogP contribution in [0.5, 0.6) is 17.2 Å². The largest absolute Gasteiger partial charge is 0.497 e. The molecule has 25 heavy (non-hydrogen) atoms. The highest BCUT2D eigenvalue weighted by Crippen LogP contribution is 2.34. The normalized spacial score (nSPS) is 14.2. The molecule has 0 aromatic heterocycles. The van der Waals surface area contributed by atoms with Crippen molar-refractivity contribution in [2.24, 2.45) is 0 Å². The van der Waals surface area contributed by atoms with Crippen LogP contribution in [-0.4, -0.2) is 28.7 Å². The Morgan fingerprint density at radius 2 is 1.64 bits per heavy atom. The van der Waals surface area contributed by atoms with Gasteiger partial charge < -0.3 is 14.2 Å². The van der Waals surface area contributed by atoms with Gasteiger partial charge in [-0.2, -0.15) is 0 Å². The fourth-order valence-electron chi connectivity index (χ4n) is 2.64. The van der Waals surface area contributed by atoms with Crippen LogP contribution in [0.1, 0.15) is 19.4 Å². The lowest BCUT2D eigenvalue weighted by atomic mass is 9.95. The molecule has 0 radical (unpaired) electrons. The van der Waals surface area contributed by atoms with Crippen molar-refractivity contribution in [3.63, 3.8) is 0 Å². The summed E-state index contributed by atoms with van der Waals surface area (Å²) in [6.07, 6.45) is 0. The molecule has 134 valence electrons. The molecule has 0 spiro atoms. The van der Waals surface area contributed by atoms with Gasteiger partial charge in [0.05, 0.1) is 17.5 Å². The van der Waals surface area contributed by atoms with E-state index in [1.807, 2.05) is 12.1 Å². The first-order valence-corrected chi connectivity index (χ1v) is 9.38. The van der Waals surface area contributed by atoms with E-state index in [4.69, 9.17) is 14.2 Å². The zero-order valence-electron chi connectivity index (χ0n) is 14.4. The highest BCUT2D eigenvalue weighted by Gasteiger charge is 2.29. The van der Waals surface area contributed by atoms with Gasteiger partial charge in [-0.3, -0.25) is 0 Å². The van der Waals surface area contributed by atoms with Crippen LogP contribution in [0.3, 0.4) is 0 Å². The van der Waals surface area contributed by atoms with Crippen LogP contribution in [0.4, 0.5) is 0 Å². The molecule has 2 aromatic rings. The van der Waals surface area contributed by atoms with Gasteiger partial charge in [-0.1, -0.05) is 6.07 Å². The maximum Gasteiger partial charge on any atom is 0.241 e. The van der Waals surface area contributed by atoms with Crippen molar-refractivity contribution in [2.45, 2.75) is 24.3 Å². The van der Waals surface area contributed by atoms with Crippen LogP contribution in [-0.2, 0) is 15.6 Å². The SMILES string of the molecule is COc1ccc(S(=O)(=O)NC(C)(C)c2ccc3c(c2)OCCO3)cc1. The highest BCUT2D eigenvalue weighted by molar-refractivity contribution is 7.89. The van der Waals surface area contributed by atoms with Crippen molar-refractivity contribution in [1.82, 2.24) is 4.72 Å². The molecule has 6 nitrogen and oxygen atoms in total. The number of sulfonamides is 1. The number of nitrogens with one attached hydrogen (secondary N) is 1. The molecule has 1 aliphatic rings. The molecule has 0 aliphatic carbocycles. The van der Waals surface area contributed by atoms with Crippen LogP contribution in [0.2, 0.25) is 0 Å². The van der Waals surface area contributed by atoms with Crippen molar-refractivity contribution < 1.29 is 22.6 Å². The van der Waals surface area contributed by atoms with E-state index in [-0.39, 0.29) is 4.90 Å². The molecule has 0 atom stereocenters. The van der Waals surface area contributed by atoms with Crippen molar-refractivity contribution in [2.75, 3.05) is 20.3 Å². The number of methoxy groups -OCH3 is 1. The average molecular weight is 363 g/mol. The fraction of sp³-hybridized carbons (Fsp3) is 0.333. The summed E-state index contributed by atoms with van der Waals surface area (Å²) in [5.74, 6) is 1.90. The van der Waals surface area contributed by atoms with E-state index >= 15 is 0 Å². The molecule has 0 saturated heterocycles. The van der Waals surface area contributed by atoms with Crippen molar-refractivity contribution in [1.29, 1.82) is 0 Å². The Bertz CT molecular complexity index is 860. The van der Waals surface area contributed by atoms with Crippen molar-refractivity contribution in [3.8, 4) is 17.2 Å². The number of hydrogen-bond donors (Lipinski definition) is 1. The van der Waals surface area contributed by atoms with Crippen molar-refractivity contribution in [3.05, 3.63) is 48.0 Å². The average Bonchev–Trinajstić information content (AvgIpc) is 2.60. The third-order valence-electron chi connectivity index (χ3n) is 4.02. The van der Waals surface area contributed by atoms with Gasteiger partial charge in [-0.15, -0.1) is 0 Å². The standard InChI is InChI=1S/C18H21NO5S/c1-18(2,13-4-9-16-17(12-13)24-11-10-23-16)19-25(20,21)15-7-5-14(22-3)6-8-15/h4-9,12,19H,10-11H2,1-3H3. The Hall–Kier alpha value is -2.25. The number of rotatable bonds is 5. The van der Waals surface area contributed by atoms with Crippen molar-refractivity contribution >= 4 is 10.0 Å². The predicted octanol–water partition coefficient (Wildman–Crippen LogP) is 2.68. The first-order chi connectivity index (χ1) is 11.8. The Labute approximate surface area is 147 Å². The maximum atomic E-state index is 12.7. The van der Waals surface area contributed by atoms with Crippen LogP contribution in [0.25, 0.3) is 0 Å². The second-order valence-electron chi connectivity index (χ2n) is 6.26. The summed E-state index contributed by atoms with van der Waals surface area (Å²) in [6.45, 7) is 4.60. The summed E-state index contributed by atoms with van der Waals surface area (Å²) in [4.78, 5) is 0.180. The Morgan fingerprint density at radius 3 is 2.28 bits per heavy atom. The lowest BCUT2D eigenvalue weighted by Gasteiger charge is -2.28. The zero-order valence-corrected chi connectivity index (χ0v) is 15.2. The van der Waals surface area contributed by atoms with Crippen LogP contribution >= 0.6 is 0 Å². The Balaban J connectivity index is 1.86. The minimum Gasteiger partial charge on any atom is -0.497 e. The second-order valence-corrected chi connectivity index (χ2v) is 7.95. The summed E-state index contributed by atoms with van der Waals surface area (Å²) in [5.41, 5.74) is -0.0388. The molecule has 0 amide bonds. The number of benzene rings is 2. The van der Waals surface area contributed by atoms with Gasteiger partial charge in [-0.05, 0) is 55.8 Å². The van der Waals surface area contributed by atoms with Gasteiger partial charge in [0.25, 0.3) is 0 Å². The predicted molar refractivity (Wildman–Crippen MR) is 93.8 cm³/mol. The summed E-state index contributed by atoms with van der Waals surface area (Å²) < 4.78 is 44.3. The first-order valence-electron chi connectivity index (χ1n) is 7.90. The van der Waals surface area contributed by atoms with Crippen LogP contribution in [0, 0.1) is 0 Å². The molecule has 0 fully saturated rings. The molecule has 7 heteroatoms. The molecule has 0 unspecified atom stereocenters. The minimum atomic E-state index is -3.69. The second kappa shape index (κ2) is 6.57. The third-order valence-corrected chi connectivity index (χ3v) is 5.69. The van der Waals surface area contributed by atoms with E-state index in [2.05, 4.69) is 4.72 Å². The van der Waals surface area contributed by atoms with E-state index in [1.54, 1.807) is 32.0 Å². The molecule has 3 rings (SSSR count). The summed E-state index contributed by atoms with van der Waals surface area (Å²) in [6, 6.07) is 11.7. The van der Waals surface area contributed by atoms with E-state index in [0.717, 1.165) is 5.56 Å². The zero-order chi connectivity index (χ0) is 18.1. The molecule has 1 aliphatic heterocycles. The van der Waals surface area contributed by atoms with Gasteiger partial charge in [0.1, 0.15) is 19.0 Å². The molecule has 2 aromatic carbocycles. The van der Waals surface area contributed by atoms with Crippen LogP contribution in [0.15, 0.2) is 47.4 Å². The van der Waals surface area contributed by atoms with Gasteiger partial charge >= 0.3 is 0 Å². The highest BCUT2D eigenvalue weighted by atomic mass is 32.2. The minimum absolute atomic E-state index is 0.180. The van der Waals surface area contributed by atoms with Gasteiger partial charge in [0.15, 0.2) is 11.5 Å². The summed E-state index contributed by atoms with van der Waals surface area (Å²) in [5, 5.41) is 0. The number of fused-ring (bicyclic) bond motifs is 1. The third kappa shape index (κ3) is 3.72. The first kappa shape index (κ1) is 17.6. The molecule has 1 N–H and O–H groups in total. The smallest absolute Gasteiger partial charge is 0.241 e. The molecule has 1 heterocycles. The van der Waals surface area contributed by atoms with E-state index < -0.39 is 15.6 Å². The van der Waals surface area contributed by atoms with Crippen LogP contribution < -0.4 is 18.9 Å². The van der Waals surface area contributed by atoms with E-state index in [0.29, 0.717) is 30.5 Å². The fourth-order valence-corrected chi connectivity index (χ4v) is 4.04. The molecule has 0 saturated carbocycles. The van der Waals surface area contributed by atoms with E-state index in [9.17, 15) is 8.42 Å². The molecular weight excluding hydrogens is 342 g/mol. The Morgan fingerprint density at radius 1 is 1.00 bits per heavy atom. The van der Waals surface area contributed by atoms with Gasteiger partial charge in [0.2, 0.25) is 10.0 Å². The molecular formula is C18H21NO5S. The monoisotopic (exact) mass is 363 g/mol. The summed E-state index contributed by atoms with van der Waals surface area (Å²) in [7, 11) is -2.16. The van der Waals surface area contributed by atoms with Gasteiger partial charge in [-0.25, -0.2) is 13.1 Å². The lowest BCUT2D eigenvalue weighted by molar-refractivity contribution is 0.171. The number of ether oxygens (including phenoxy) is 3. The summed E-state index contributed by atoms with van der Waals surface area (Å²) >= 11 is 0. The number of hydrogen-bond acceptors (Lipinski definition) is 5. The molecule has 0 bridgehead atoms. The Kier molecular flexibility index (Phi) is 4.62. The maximum absolute atomic E-state index is 12.7. The van der Waals surface area contributed by atoms with Gasteiger partial charge in [0, 0.05) is 0 Å². The van der Waals surface area contributed by atoms with E-state index in [1.165, 1.54) is 19.2 Å². The lowest BCUT2D eigenvalue weighted by Crippen LogP contribution is -2.41. The quantitative estimate of drug-likeness (QED) is 0.884. The topological polar surface area (TPSA) is 73.9 Å².